The average molecular weight is 1010 g/mol. The van der Waals surface area contributed by atoms with E-state index in [9.17, 15) is 39.3 Å². The van der Waals surface area contributed by atoms with Crippen LogP contribution in [0.4, 0.5) is 0 Å². The van der Waals surface area contributed by atoms with Crippen LogP contribution in [0.3, 0.4) is 0 Å². The van der Waals surface area contributed by atoms with Crippen LogP contribution in [0.2, 0.25) is 0 Å². The maximum atomic E-state index is 14.5. The topological polar surface area (TPSA) is 205 Å². The lowest BCUT2D eigenvalue weighted by Gasteiger charge is -2.43. The molecule has 0 radical (unpaired) electrons. The molecular formula is C57H89NO14. The van der Waals surface area contributed by atoms with Gasteiger partial charge in [-0.15, -0.1) is 0 Å². The van der Waals surface area contributed by atoms with E-state index in [1.165, 1.54) is 4.90 Å². The van der Waals surface area contributed by atoms with Gasteiger partial charge in [-0.3, -0.25) is 19.2 Å². The number of rotatable bonds is 10. The first-order chi connectivity index (χ1) is 34.3. The van der Waals surface area contributed by atoms with Crippen LogP contribution in [0, 0.1) is 35.5 Å². The molecule has 5 rings (SSSR count). The first kappa shape index (κ1) is 59.5. The second-order valence-electron chi connectivity index (χ2n) is 21.9. The molecule has 1 saturated carbocycles. The number of ketones is 3. The van der Waals surface area contributed by atoms with Crippen molar-refractivity contribution in [1.82, 2.24) is 4.90 Å². The molecule has 0 spiro atoms. The van der Waals surface area contributed by atoms with Gasteiger partial charge in [-0.05, 0) is 126 Å². The molecule has 5 aliphatic rings. The van der Waals surface area contributed by atoms with Gasteiger partial charge in [0.15, 0.2) is 0 Å². The summed E-state index contributed by atoms with van der Waals surface area (Å²) in [6, 6.07) is -1.14. The van der Waals surface area contributed by atoms with E-state index in [1.807, 2.05) is 58.1 Å². The van der Waals surface area contributed by atoms with Crippen LogP contribution in [0.25, 0.3) is 0 Å². The number of aliphatic hydroxyl groups excluding tert-OH is 2. The predicted molar refractivity (Wildman–Crippen MR) is 272 cm³/mol. The third-order valence-corrected chi connectivity index (χ3v) is 16.0. The van der Waals surface area contributed by atoms with Gasteiger partial charge in [-0.1, -0.05) is 71.1 Å². The van der Waals surface area contributed by atoms with Crippen LogP contribution in [-0.2, 0) is 52.4 Å². The number of hydrogen-bond acceptors (Lipinski definition) is 14. The molecule has 3 saturated heterocycles. The summed E-state index contributed by atoms with van der Waals surface area (Å²) in [5, 5.41) is 32.8. The molecule has 0 aromatic heterocycles. The Kier molecular flexibility index (Phi) is 24.0. The highest BCUT2D eigenvalue weighted by Gasteiger charge is 2.53. The van der Waals surface area contributed by atoms with Crippen molar-refractivity contribution in [2.24, 2.45) is 35.5 Å². The molecule has 1 aliphatic carbocycles. The molecule has 15 nitrogen and oxygen atoms in total. The van der Waals surface area contributed by atoms with Crippen molar-refractivity contribution in [3.05, 3.63) is 47.6 Å². The number of ether oxygens (including phenoxy) is 6. The summed E-state index contributed by atoms with van der Waals surface area (Å²) in [6.45, 7) is 14.2. The Hall–Kier alpha value is -3.41. The third kappa shape index (κ3) is 17.1. The number of nitrogens with zero attached hydrogens (tertiary/aromatic N) is 1. The largest absolute Gasteiger partial charge is 0.460 e. The standard InChI is InChI=1S/C57H89NO14/c1-36-16-10-9-11-17-37(2)51(70-35-45-18-13-15-26-68-45)32-44-22-20-42(7)57(66,72-44)54(63)55(64)58-24-14-12-19-46(58)56(65)71-52(41(6)30-43-21-23-50(69-27-25-59)53(31-43)67-8)34-49(62)40(5)29-39(4)48(61)33-47(60)38(3)28-36/h9-11,16-17,29,36,38,40-46,48,50-53,59,61,66H,12-15,18-28,30-35H2,1-8H3/b11-9+,16-10+,37-17+,39-29+/t36-,38-,40-,41-,42-,43+,44+,45?,46+,48+,50-,51?,52+,53-,57-/m1/s1. The molecule has 15 heteroatoms. The number of amides is 1. The van der Waals surface area contributed by atoms with Gasteiger partial charge in [0.1, 0.15) is 23.7 Å². The zero-order chi connectivity index (χ0) is 52.5. The van der Waals surface area contributed by atoms with Gasteiger partial charge in [0.2, 0.25) is 5.79 Å². The number of carbonyl (C=O) groups is 5. The second kappa shape index (κ2) is 29.0. The smallest absolute Gasteiger partial charge is 0.329 e. The Morgan fingerprint density at radius 2 is 1.60 bits per heavy atom. The fraction of sp³-hybridized carbons (Fsp3) is 0.772. The maximum Gasteiger partial charge on any atom is 0.329 e. The lowest BCUT2D eigenvalue weighted by atomic mass is 9.78. The van der Waals surface area contributed by atoms with Crippen LogP contribution < -0.4 is 0 Å². The molecule has 4 aliphatic heterocycles. The van der Waals surface area contributed by atoms with Gasteiger partial charge in [0.05, 0.1) is 56.4 Å². The van der Waals surface area contributed by atoms with Crippen LogP contribution >= 0.6 is 0 Å². The zero-order valence-electron chi connectivity index (χ0n) is 44.7. The van der Waals surface area contributed by atoms with Crippen LogP contribution in [-0.4, -0.2) is 144 Å². The summed E-state index contributed by atoms with van der Waals surface area (Å²) in [7, 11) is 1.64. The lowest BCUT2D eigenvalue weighted by Crippen LogP contribution is -2.61. The summed E-state index contributed by atoms with van der Waals surface area (Å²) >= 11 is 0. The Bertz CT molecular complexity index is 1910. The Morgan fingerprint density at radius 3 is 2.32 bits per heavy atom. The van der Waals surface area contributed by atoms with Gasteiger partial charge in [-0.2, -0.15) is 0 Å². The van der Waals surface area contributed by atoms with E-state index >= 15 is 0 Å². The van der Waals surface area contributed by atoms with Crippen molar-refractivity contribution in [3.8, 4) is 0 Å². The number of methoxy groups -OCH3 is 1. The Labute approximate surface area is 429 Å². The van der Waals surface area contributed by atoms with E-state index < -0.39 is 65.7 Å². The molecule has 4 heterocycles. The number of cyclic esters (lactones) is 1. The molecule has 0 aromatic rings. The normalized spacial score (nSPS) is 38.9. The quantitative estimate of drug-likeness (QED) is 0.110. The van der Waals surface area contributed by atoms with Gasteiger partial charge in [-0.25, -0.2) is 4.79 Å². The van der Waals surface area contributed by atoms with E-state index in [-0.39, 0.29) is 92.6 Å². The molecule has 0 aromatic carbocycles. The van der Waals surface area contributed by atoms with Crippen molar-refractivity contribution in [1.29, 1.82) is 0 Å². The van der Waals surface area contributed by atoms with E-state index in [0.29, 0.717) is 76.6 Å². The van der Waals surface area contributed by atoms with Crippen LogP contribution in [0.15, 0.2) is 47.6 Å². The van der Waals surface area contributed by atoms with E-state index in [1.54, 1.807) is 34.0 Å². The predicted octanol–water partition coefficient (Wildman–Crippen LogP) is 7.51. The highest BCUT2D eigenvalue weighted by molar-refractivity contribution is 6.39. The van der Waals surface area contributed by atoms with Crippen molar-refractivity contribution in [2.75, 3.05) is 40.1 Å². The molecule has 3 N–H and O–H groups in total. The fourth-order valence-corrected chi connectivity index (χ4v) is 11.2. The maximum absolute atomic E-state index is 14.5. The molecular weight excluding hydrogens is 923 g/mol. The number of allylic oxidation sites excluding steroid dienone is 6. The first-order valence-corrected chi connectivity index (χ1v) is 27.2. The summed E-state index contributed by atoms with van der Waals surface area (Å²) in [6.07, 6.45) is 16.6. The number of esters is 1. The molecule has 4 fully saturated rings. The van der Waals surface area contributed by atoms with E-state index in [4.69, 9.17) is 28.4 Å². The molecule has 1 amide bonds. The second-order valence-corrected chi connectivity index (χ2v) is 21.9. The van der Waals surface area contributed by atoms with Crippen LogP contribution in [0.1, 0.15) is 151 Å². The first-order valence-electron chi connectivity index (χ1n) is 27.2. The van der Waals surface area contributed by atoms with Crippen molar-refractivity contribution in [2.45, 2.75) is 206 Å². The highest BCUT2D eigenvalue weighted by atomic mass is 16.6. The number of hydrogen-bond donors (Lipinski definition) is 3. The molecule has 2 bridgehead atoms. The van der Waals surface area contributed by atoms with Gasteiger partial charge in [0, 0.05) is 57.3 Å². The SMILES string of the molecule is CO[C@@H]1C[C@H](C[C@@H](C)[C@@H]2CC(=O)[C@H](C)/C=C(\C)[C@@H](O)CC(=O)[C@H](C)C[C@H](C)/C=C/C=C/C=C(\C)C(OCC3CCCCO3)C[C@@H]3CC[C@@H](C)[C@@](O)(O3)C(=O)C(=O)N3CCCC[C@H]3C(=O)O2)CC[C@H]1OCCO. The number of piperidine rings is 1. The van der Waals surface area contributed by atoms with Crippen molar-refractivity contribution in [3.63, 3.8) is 0 Å². The van der Waals surface area contributed by atoms with Gasteiger partial charge >= 0.3 is 5.97 Å². The number of fused-ring (bicyclic) bond motifs is 3. The highest BCUT2D eigenvalue weighted by Crippen LogP contribution is 2.38. The van der Waals surface area contributed by atoms with Crippen molar-refractivity contribution >= 4 is 29.2 Å². The molecule has 2 unspecified atom stereocenters. The Morgan fingerprint density at radius 1 is 0.833 bits per heavy atom. The fourth-order valence-electron chi connectivity index (χ4n) is 11.2. The van der Waals surface area contributed by atoms with E-state index in [0.717, 1.165) is 31.3 Å². The minimum atomic E-state index is -2.45. The summed E-state index contributed by atoms with van der Waals surface area (Å²) in [5.74, 6) is -7.46. The average Bonchev–Trinajstić information content (AvgIpc) is 3.36. The molecule has 72 heavy (non-hydrogen) atoms. The number of aliphatic hydroxyl groups is 3. The Balaban J connectivity index is 1.44. The lowest BCUT2D eigenvalue weighted by molar-refractivity contribution is -0.266. The summed E-state index contributed by atoms with van der Waals surface area (Å²) in [4.78, 5) is 72.3. The number of Topliss-reactive ketones (excluding diaryl/α,β-unsaturated/α-hetero) is 3. The van der Waals surface area contributed by atoms with Crippen molar-refractivity contribution < 1.29 is 67.7 Å². The minimum Gasteiger partial charge on any atom is -0.460 e. The molecule has 406 valence electrons. The summed E-state index contributed by atoms with van der Waals surface area (Å²) < 4.78 is 36.9. The molecule has 15 atom stereocenters. The summed E-state index contributed by atoms with van der Waals surface area (Å²) in [5.41, 5.74) is 1.39. The van der Waals surface area contributed by atoms with Gasteiger partial charge in [0.25, 0.3) is 11.7 Å². The van der Waals surface area contributed by atoms with Crippen LogP contribution in [0.5, 0.6) is 0 Å². The number of carbonyl (C=O) groups excluding carboxylic acids is 5. The minimum absolute atomic E-state index is 0.0538. The third-order valence-electron chi connectivity index (χ3n) is 16.0. The van der Waals surface area contributed by atoms with E-state index in [2.05, 4.69) is 0 Å². The zero-order valence-corrected chi connectivity index (χ0v) is 44.7. The monoisotopic (exact) mass is 1010 g/mol. The van der Waals surface area contributed by atoms with Gasteiger partial charge < -0.3 is 48.6 Å².